The molecule has 0 radical (unpaired) electrons. The maximum atomic E-state index is 12.6. The topological polar surface area (TPSA) is 6.48 Å². The molecule has 0 aliphatic carbocycles. The van der Waals surface area contributed by atoms with Gasteiger partial charge in [-0.2, -0.15) is 0 Å². The molecule has 1 aliphatic heterocycles. The fourth-order valence-corrected chi connectivity index (χ4v) is 1.83. The van der Waals surface area contributed by atoms with E-state index in [0.717, 1.165) is 13.1 Å². The summed E-state index contributed by atoms with van der Waals surface area (Å²) in [7, 11) is 1.90. The van der Waals surface area contributed by atoms with Gasteiger partial charge in [0.1, 0.15) is 0 Å². The molecule has 0 N–H and O–H groups in total. The predicted molar refractivity (Wildman–Crippen MR) is 71.8 cm³/mol. The fourth-order valence-electron chi connectivity index (χ4n) is 1.83. The Labute approximate surface area is 106 Å². The van der Waals surface area contributed by atoms with Crippen LogP contribution in [0.2, 0.25) is 0 Å². The summed E-state index contributed by atoms with van der Waals surface area (Å²) in [5, 5.41) is 0. The Kier molecular flexibility index (Phi) is 12.3. The molecule has 0 saturated carbocycles. The largest absolute Gasteiger partial charge is 0.303 e. The lowest BCUT2D eigenvalue weighted by molar-refractivity contribution is -0.0317. The number of halogens is 2. The molecule has 0 bridgehead atoms. The maximum absolute atomic E-state index is 12.6. The Morgan fingerprint density at radius 3 is 1.82 bits per heavy atom. The molecule has 0 spiro atoms. The molecule has 2 nitrogen and oxygen atoms in total. The Morgan fingerprint density at radius 1 is 1.00 bits per heavy atom. The summed E-state index contributed by atoms with van der Waals surface area (Å²) < 4.78 is 25.3. The summed E-state index contributed by atoms with van der Waals surface area (Å²) in [6.45, 7) is 14.1. The highest BCUT2D eigenvalue weighted by Gasteiger charge is 2.33. The number of hydrogen-bond donors (Lipinski definition) is 0. The Bertz CT molecular complexity index is 163. The van der Waals surface area contributed by atoms with Gasteiger partial charge in [-0.05, 0) is 20.9 Å². The molecule has 1 rings (SSSR count). The molecule has 1 heterocycles. The molecule has 106 valence electrons. The van der Waals surface area contributed by atoms with E-state index in [9.17, 15) is 8.78 Å². The Balaban J connectivity index is 0. The van der Waals surface area contributed by atoms with Crippen LogP contribution in [-0.4, -0.2) is 55.0 Å². The van der Waals surface area contributed by atoms with E-state index in [-0.39, 0.29) is 6.04 Å². The summed E-state index contributed by atoms with van der Waals surface area (Å²) in [5.41, 5.74) is 0. The zero-order valence-corrected chi connectivity index (χ0v) is 12.5. The third-order valence-corrected chi connectivity index (χ3v) is 2.62. The van der Waals surface area contributed by atoms with Gasteiger partial charge in [-0.3, -0.25) is 4.90 Å². The van der Waals surface area contributed by atoms with Crippen molar-refractivity contribution in [3.63, 3.8) is 0 Å². The van der Waals surface area contributed by atoms with Crippen LogP contribution in [0.5, 0.6) is 0 Å². The minimum Gasteiger partial charge on any atom is -0.303 e. The van der Waals surface area contributed by atoms with Crippen LogP contribution < -0.4 is 0 Å². The van der Waals surface area contributed by atoms with Gasteiger partial charge in [-0.15, -0.1) is 0 Å². The third-order valence-electron chi connectivity index (χ3n) is 2.62. The van der Waals surface area contributed by atoms with Crippen LogP contribution in [0.4, 0.5) is 8.78 Å². The van der Waals surface area contributed by atoms with Crippen LogP contribution in [0.3, 0.4) is 0 Å². The number of alkyl halides is 2. The first-order chi connectivity index (χ1) is 8.02. The monoisotopic (exact) mass is 252 g/mol. The van der Waals surface area contributed by atoms with Crippen molar-refractivity contribution in [1.82, 2.24) is 9.80 Å². The van der Waals surface area contributed by atoms with Gasteiger partial charge in [0, 0.05) is 25.7 Å². The molecule has 17 heavy (non-hydrogen) atoms. The van der Waals surface area contributed by atoms with Gasteiger partial charge in [0.05, 0.1) is 6.04 Å². The zero-order chi connectivity index (χ0) is 14.0. The highest BCUT2D eigenvalue weighted by Crippen LogP contribution is 2.17. The number of rotatable bonds is 2. The van der Waals surface area contributed by atoms with E-state index in [1.807, 2.05) is 58.4 Å². The zero-order valence-electron chi connectivity index (χ0n) is 12.5. The highest BCUT2D eigenvalue weighted by molar-refractivity contribution is 4.84. The minimum absolute atomic E-state index is 0.215. The average Bonchev–Trinajstić information content (AvgIpc) is 2.33. The predicted octanol–water partition coefficient (Wildman–Crippen LogP) is 3.33. The molecule has 0 aromatic carbocycles. The standard InChI is InChI=1S/C9H18F2N2.2C2H6/c1-7(2)13-5-4-12(3)6-8(13)9(10)11;2*1-2/h7-9H,4-6H2,1-3H3;2*1-2H3/t8-;;/m0../s1. The number of piperazine rings is 1. The second-order valence-corrected chi connectivity index (χ2v) is 4.00. The van der Waals surface area contributed by atoms with Gasteiger partial charge in [-0.25, -0.2) is 8.78 Å². The quantitative estimate of drug-likeness (QED) is 0.744. The van der Waals surface area contributed by atoms with Crippen molar-refractivity contribution in [3.8, 4) is 0 Å². The van der Waals surface area contributed by atoms with Crippen LogP contribution >= 0.6 is 0 Å². The van der Waals surface area contributed by atoms with Crippen LogP contribution in [0.1, 0.15) is 41.5 Å². The average molecular weight is 252 g/mol. The normalized spacial score (nSPS) is 21.7. The first kappa shape index (κ1) is 19.1. The third kappa shape index (κ3) is 6.94. The van der Waals surface area contributed by atoms with Gasteiger partial charge >= 0.3 is 0 Å². The smallest absolute Gasteiger partial charge is 0.255 e. The van der Waals surface area contributed by atoms with Gasteiger partial charge in [0.2, 0.25) is 0 Å². The molecule has 0 aromatic heterocycles. The van der Waals surface area contributed by atoms with Gasteiger partial charge in [0.25, 0.3) is 6.43 Å². The first-order valence-corrected chi connectivity index (χ1v) is 6.75. The van der Waals surface area contributed by atoms with Crippen molar-refractivity contribution in [3.05, 3.63) is 0 Å². The van der Waals surface area contributed by atoms with E-state index in [1.54, 1.807) is 0 Å². The summed E-state index contributed by atoms with van der Waals surface area (Å²) in [4.78, 5) is 3.86. The van der Waals surface area contributed by atoms with Gasteiger partial charge in [-0.1, -0.05) is 27.7 Å². The summed E-state index contributed by atoms with van der Waals surface area (Å²) in [6, 6.07) is -0.369. The summed E-state index contributed by atoms with van der Waals surface area (Å²) in [6.07, 6.45) is -2.23. The summed E-state index contributed by atoms with van der Waals surface area (Å²) in [5.74, 6) is 0. The molecule has 0 aromatic rings. The van der Waals surface area contributed by atoms with Crippen LogP contribution in [-0.2, 0) is 0 Å². The van der Waals surface area contributed by atoms with Crippen LogP contribution in [0.15, 0.2) is 0 Å². The molecule has 0 amide bonds. The molecule has 1 fully saturated rings. The van der Waals surface area contributed by atoms with E-state index in [2.05, 4.69) is 0 Å². The summed E-state index contributed by atoms with van der Waals surface area (Å²) >= 11 is 0. The number of nitrogens with zero attached hydrogens (tertiary/aromatic N) is 2. The molecule has 1 atom stereocenters. The van der Waals surface area contributed by atoms with Crippen molar-refractivity contribution < 1.29 is 8.78 Å². The lowest BCUT2D eigenvalue weighted by atomic mass is 10.1. The van der Waals surface area contributed by atoms with E-state index in [1.165, 1.54) is 0 Å². The molecular formula is C13H30F2N2. The van der Waals surface area contributed by atoms with Crippen molar-refractivity contribution >= 4 is 0 Å². The van der Waals surface area contributed by atoms with Gasteiger partial charge in [0.15, 0.2) is 0 Å². The second-order valence-electron chi connectivity index (χ2n) is 4.00. The maximum Gasteiger partial charge on any atom is 0.255 e. The molecule has 0 unspecified atom stereocenters. The van der Waals surface area contributed by atoms with E-state index in [0.29, 0.717) is 6.54 Å². The van der Waals surface area contributed by atoms with E-state index in [4.69, 9.17) is 0 Å². The number of likely N-dealkylation sites (N-methyl/N-ethyl adjacent to an activating group) is 1. The van der Waals surface area contributed by atoms with Crippen LogP contribution in [0.25, 0.3) is 0 Å². The SMILES string of the molecule is CC.CC.CC(C)N1CCN(C)C[C@H]1C(F)F. The van der Waals surface area contributed by atoms with Crippen LogP contribution in [0, 0.1) is 0 Å². The second kappa shape index (κ2) is 10.9. The van der Waals surface area contributed by atoms with Gasteiger partial charge < -0.3 is 4.90 Å². The van der Waals surface area contributed by atoms with E-state index >= 15 is 0 Å². The Morgan fingerprint density at radius 2 is 1.47 bits per heavy atom. The van der Waals surface area contributed by atoms with Crippen molar-refractivity contribution in [1.29, 1.82) is 0 Å². The minimum atomic E-state index is -2.23. The lowest BCUT2D eigenvalue weighted by Gasteiger charge is -2.41. The fraction of sp³-hybridized carbons (Fsp3) is 1.00. The highest BCUT2D eigenvalue weighted by atomic mass is 19.3. The van der Waals surface area contributed by atoms with Crippen molar-refractivity contribution in [2.45, 2.75) is 60.1 Å². The molecule has 4 heteroatoms. The van der Waals surface area contributed by atoms with Crippen molar-refractivity contribution in [2.24, 2.45) is 0 Å². The van der Waals surface area contributed by atoms with Crippen molar-refractivity contribution in [2.75, 3.05) is 26.7 Å². The molecular weight excluding hydrogens is 222 g/mol. The molecule has 1 aliphatic rings. The van der Waals surface area contributed by atoms with E-state index < -0.39 is 12.5 Å². The first-order valence-electron chi connectivity index (χ1n) is 6.75. The lowest BCUT2D eigenvalue weighted by Crippen LogP contribution is -2.57. The molecule has 1 saturated heterocycles. The number of hydrogen-bond acceptors (Lipinski definition) is 2. The Hall–Kier alpha value is -0.220.